The van der Waals surface area contributed by atoms with Gasteiger partial charge in [-0.2, -0.15) is 23.4 Å². The van der Waals surface area contributed by atoms with E-state index in [1.54, 1.807) is 4.68 Å². The number of aryl methyl sites for hydroxylation is 3. The summed E-state index contributed by atoms with van der Waals surface area (Å²) in [6, 6.07) is 6.38. The maximum atomic E-state index is 13.8. The summed E-state index contributed by atoms with van der Waals surface area (Å²) in [6.45, 7) is 5.87. The summed E-state index contributed by atoms with van der Waals surface area (Å²) in [6.07, 6.45) is -4.71. The van der Waals surface area contributed by atoms with Gasteiger partial charge in [0.25, 0.3) is 5.91 Å². The number of hydrogen-bond donors (Lipinski definition) is 2. The molecular formula is C22H25F3N6O. The predicted molar refractivity (Wildman–Crippen MR) is 113 cm³/mol. The largest absolute Gasteiger partial charge is 0.410 e. The van der Waals surface area contributed by atoms with Crippen LogP contribution >= 0.6 is 0 Å². The highest BCUT2D eigenvalue weighted by Crippen LogP contribution is 2.43. The van der Waals surface area contributed by atoms with E-state index in [1.165, 1.54) is 6.07 Å². The standard InChI is InChI=1S/C22H25F3N6O/c1-12-5-7-15(8-6-12)17-9-19(22(23,24)25)31-20(27-17)10-18(29-31)21(32)26-11-16-13(2)28-30(4)14(16)3/h5-8,10,17,19,27H,9,11H2,1-4H3,(H,26,32)/t17-,19+/m1/s1. The molecule has 0 bridgehead atoms. The lowest BCUT2D eigenvalue weighted by Gasteiger charge is -2.33. The van der Waals surface area contributed by atoms with Crippen LogP contribution in [0.5, 0.6) is 0 Å². The van der Waals surface area contributed by atoms with E-state index < -0.39 is 24.2 Å². The van der Waals surface area contributed by atoms with Crippen molar-refractivity contribution < 1.29 is 18.0 Å². The number of carbonyl (C=O) groups excluding carboxylic acids is 1. The monoisotopic (exact) mass is 446 g/mol. The van der Waals surface area contributed by atoms with Gasteiger partial charge < -0.3 is 10.6 Å². The van der Waals surface area contributed by atoms with Gasteiger partial charge in [-0.05, 0) is 26.3 Å². The van der Waals surface area contributed by atoms with Gasteiger partial charge in [-0.3, -0.25) is 9.48 Å². The molecule has 0 saturated heterocycles. The third-order valence-corrected chi connectivity index (χ3v) is 5.99. The lowest BCUT2D eigenvalue weighted by atomic mass is 9.96. The third-order valence-electron chi connectivity index (χ3n) is 5.99. The molecule has 0 unspecified atom stereocenters. The minimum absolute atomic E-state index is 0.0643. The Balaban J connectivity index is 1.58. The summed E-state index contributed by atoms with van der Waals surface area (Å²) in [5, 5.41) is 14.2. The fourth-order valence-electron chi connectivity index (χ4n) is 4.03. The number of nitrogens with zero attached hydrogens (tertiary/aromatic N) is 4. The van der Waals surface area contributed by atoms with Gasteiger partial charge in [0, 0.05) is 37.3 Å². The van der Waals surface area contributed by atoms with Gasteiger partial charge in [0.15, 0.2) is 11.7 Å². The Kier molecular flexibility index (Phi) is 5.47. The number of aromatic nitrogens is 4. The quantitative estimate of drug-likeness (QED) is 0.632. The summed E-state index contributed by atoms with van der Waals surface area (Å²) in [5.41, 5.74) is 4.28. The van der Waals surface area contributed by atoms with E-state index in [9.17, 15) is 18.0 Å². The summed E-state index contributed by atoms with van der Waals surface area (Å²) in [5.74, 6) is -0.368. The van der Waals surface area contributed by atoms with Gasteiger partial charge in [0.2, 0.25) is 0 Å². The Hall–Kier alpha value is -3.30. The molecule has 32 heavy (non-hydrogen) atoms. The van der Waals surface area contributed by atoms with Gasteiger partial charge >= 0.3 is 6.18 Å². The SMILES string of the molecule is Cc1ccc([C@H]2C[C@@H](C(F)(F)F)n3nc(C(=O)NCc4c(C)nn(C)c4C)cc3N2)cc1. The molecule has 3 heterocycles. The van der Waals surface area contributed by atoms with Crippen LogP contribution in [0.4, 0.5) is 19.0 Å². The van der Waals surface area contributed by atoms with Crippen LogP contribution in [0, 0.1) is 20.8 Å². The molecular weight excluding hydrogens is 421 g/mol. The smallest absolute Gasteiger partial charge is 0.363 e. The molecule has 4 rings (SSSR count). The van der Waals surface area contributed by atoms with E-state index in [0.717, 1.165) is 32.8 Å². The number of hydrogen-bond acceptors (Lipinski definition) is 4. The van der Waals surface area contributed by atoms with Crippen LogP contribution in [0.15, 0.2) is 30.3 Å². The van der Waals surface area contributed by atoms with Crippen molar-refractivity contribution in [1.82, 2.24) is 24.9 Å². The Morgan fingerprint density at radius 1 is 1.19 bits per heavy atom. The summed E-state index contributed by atoms with van der Waals surface area (Å²) >= 11 is 0. The summed E-state index contributed by atoms with van der Waals surface area (Å²) in [4.78, 5) is 12.7. The first-order valence-corrected chi connectivity index (χ1v) is 10.3. The Morgan fingerprint density at radius 3 is 2.47 bits per heavy atom. The first kappa shape index (κ1) is 21.9. The van der Waals surface area contributed by atoms with Crippen molar-refractivity contribution >= 4 is 11.7 Å². The number of carbonyl (C=O) groups is 1. The second-order valence-corrected chi connectivity index (χ2v) is 8.22. The van der Waals surface area contributed by atoms with Crippen LogP contribution in [0.1, 0.15) is 57.1 Å². The normalized spacial score (nSPS) is 18.2. The van der Waals surface area contributed by atoms with E-state index in [2.05, 4.69) is 20.8 Å². The summed E-state index contributed by atoms with van der Waals surface area (Å²) in [7, 11) is 1.81. The van der Waals surface area contributed by atoms with Crippen molar-refractivity contribution in [2.24, 2.45) is 7.05 Å². The number of rotatable bonds is 4. The molecule has 7 nitrogen and oxygen atoms in total. The van der Waals surface area contributed by atoms with Crippen LogP contribution in [-0.2, 0) is 13.6 Å². The Bertz CT molecular complexity index is 1150. The van der Waals surface area contributed by atoms with Gasteiger partial charge in [-0.25, -0.2) is 4.68 Å². The topological polar surface area (TPSA) is 76.8 Å². The number of fused-ring (bicyclic) bond motifs is 1. The van der Waals surface area contributed by atoms with Crippen LogP contribution in [0.2, 0.25) is 0 Å². The molecule has 1 aliphatic rings. The third kappa shape index (κ3) is 4.09. The van der Waals surface area contributed by atoms with Crippen molar-refractivity contribution in [2.75, 3.05) is 5.32 Å². The minimum atomic E-state index is -4.50. The average molecular weight is 446 g/mol. The first-order chi connectivity index (χ1) is 15.0. The molecule has 0 aliphatic carbocycles. The molecule has 1 aliphatic heterocycles. The molecule has 0 spiro atoms. The van der Waals surface area contributed by atoms with E-state index >= 15 is 0 Å². The zero-order chi connectivity index (χ0) is 23.2. The summed E-state index contributed by atoms with van der Waals surface area (Å²) < 4.78 is 44.1. The molecule has 170 valence electrons. The predicted octanol–water partition coefficient (Wildman–Crippen LogP) is 4.13. The fraction of sp³-hybridized carbons (Fsp3) is 0.409. The van der Waals surface area contributed by atoms with E-state index in [4.69, 9.17) is 0 Å². The van der Waals surface area contributed by atoms with Crippen molar-refractivity contribution in [2.45, 2.75) is 52.0 Å². The van der Waals surface area contributed by atoms with Crippen LogP contribution in [-0.4, -0.2) is 31.6 Å². The van der Waals surface area contributed by atoms with Gasteiger partial charge in [0.1, 0.15) is 5.82 Å². The Labute approximate surface area is 183 Å². The van der Waals surface area contributed by atoms with Gasteiger partial charge in [-0.15, -0.1) is 0 Å². The van der Waals surface area contributed by atoms with Crippen LogP contribution < -0.4 is 10.6 Å². The number of amides is 1. The Morgan fingerprint density at radius 2 is 1.88 bits per heavy atom. The second kappa shape index (κ2) is 7.99. The van der Waals surface area contributed by atoms with Crippen LogP contribution in [0.25, 0.3) is 0 Å². The van der Waals surface area contributed by atoms with Crippen molar-refractivity contribution in [3.63, 3.8) is 0 Å². The maximum Gasteiger partial charge on any atom is 0.410 e. The number of anilines is 1. The number of alkyl halides is 3. The molecule has 2 atom stereocenters. The molecule has 2 N–H and O–H groups in total. The van der Waals surface area contributed by atoms with E-state index in [1.807, 2.05) is 52.1 Å². The first-order valence-electron chi connectivity index (χ1n) is 10.3. The molecule has 3 aromatic rings. The van der Waals surface area contributed by atoms with Crippen molar-refractivity contribution in [1.29, 1.82) is 0 Å². The highest BCUT2D eigenvalue weighted by atomic mass is 19.4. The van der Waals surface area contributed by atoms with E-state index in [-0.39, 0.29) is 24.5 Å². The van der Waals surface area contributed by atoms with Gasteiger partial charge in [0.05, 0.1) is 11.7 Å². The number of halogens is 3. The molecule has 2 aromatic heterocycles. The second-order valence-electron chi connectivity index (χ2n) is 8.22. The molecule has 1 aromatic carbocycles. The number of benzene rings is 1. The zero-order valence-corrected chi connectivity index (χ0v) is 18.3. The molecule has 0 fully saturated rings. The maximum absolute atomic E-state index is 13.8. The lowest BCUT2D eigenvalue weighted by molar-refractivity contribution is -0.173. The highest BCUT2D eigenvalue weighted by Gasteiger charge is 2.46. The van der Waals surface area contributed by atoms with Crippen molar-refractivity contribution in [3.05, 3.63) is 64.1 Å². The number of nitrogens with one attached hydrogen (secondary N) is 2. The fourth-order valence-corrected chi connectivity index (χ4v) is 4.03. The van der Waals surface area contributed by atoms with Crippen molar-refractivity contribution in [3.8, 4) is 0 Å². The molecule has 1 amide bonds. The molecule has 10 heteroatoms. The zero-order valence-electron chi connectivity index (χ0n) is 18.3. The molecule has 0 radical (unpaired) electrons. The lowest BCUT2D eigenvalue weighted by Crippen LogP contribution is -2.35. The van der Waals surface area contributed by atoms with E-state index in [0.29, 0.717) is 0 Å². The molecule has 0 saturated carbocycles. The average Bonchev–Trinajstić information content (AvgIpc) is 3.26. The van der Waals surface area contributed by atoms with Gasteiger partial charge in [-0.1, -0.05) is 29.8 Å². The van der Waals surface area contributed by atoms with Crippen LogP contribution in [0.3, 0.4) is 0 Å². The highest BCUT2D eigenvalue weighted by molar-refractivity contribution is 5.93. The minimum Gasteiger partial charge on any atom is -0.363 e.